The number of hydrogen-bond acceptors (Lipinski definition) is 1. The molecule has 2 N–H and O–H groups in total. The van der Waals surface area contributed by atoms with Crippen molar-refractivity contribution in [3.8, 4) is 0 Å². The molecular formula is C7H15ClF3N. The van der Waals surface area contributed by atoms with Gasteiger partial charge in [0.2, 0.25) is 0 Å². The highest BCUT2D eigenvalue weighted by Crippen LogP contribution is 2.21. The van der Waals surface area contributed by atoms with Crippen molar-refractivity contribution < 1.29 is 13.2 Å². The zero-order valence-corrected chi connectivity index (χ0v) is 7.84. The van der Waals surface area contributed by atoms with Crippen molar-refractivity contribution in [2.45, 2.75) is 44.8 Å². The lowest BCUT2D eigenvalue weighted by Gasteiger charge is -2.14. The summed E-state index contributed by atoms with van der Waals surface area (Å²) in [5, 5.41) is 0. The first-order valence-corrected chi connectivity index (χ1v) is 3.80. The molecule has 0 fully saturated rings. The molecule has 0 spiro atoms. The molecule has 0 aromatic heterocycles. The molecular weight excluding hydrogens is 191 g/mol. The van der Waals surface area contributed by atoms with Crippen LogP contribution in [0.3, 0.4) is 0 Å². The Morgan fingerprint density at radius 3 is 2.08 bits per heavy atom. The summed E-state index contributed by atoms with van der Waals surface area (Å²) >= 11 is 0. The maximum absolute atomic E-state index is 11.8. The van der Waals surface area contributed by atoms with Gasteiger partial charge in [-0.2, -0.15) is 13.2 Å². The Hall–Kier alpha value is 0.0400. The molecule has 12 heavy (non-hydrogen) atoms. The van der Waals surface area contributed by atoms with E-state index >= 15 is 0 Å². The van der Waals surface area contributed by atoms with Gasteiger partial charge in [-0.3, -0.25) is 0 Å². The van der Waals surface area contributed by atoms with Crippen LogP contribution in [0.25, 0.3) is 0 Å². The van der Waals surface area contributed by atoms with Gasteiger partial charge in [-0.15, -0.1) is 12.4 Å². The molecule has 76 valence electrons. The van der Waals surface area contributed by atoms with E-state index in [9.17, 15) is 13.2 Å². The molecule has 0 saturated heterocycles. The predicted molar refractivity (Wildman–Crippen MR) is 45.4 cm³/mol. The fourth-order valence-electron chi connectivity index (χ4n) is 0.778. The molecule has 0 aliphatic rings. The first-order valence-electron chi connectivity index (χ1n) is 3.80. The van der Waals surface area contributed by atoms with E-state index in [0.29, 0.717) is 6.42 Å². The van der Waals surface area contributed by atoms with Crippen molar-refractivity contribution >= 4 is 12.4 Å². The zero-order valence-electron chi connectivity index (χ0n) is 7.03. The third-order valence-electron chi connectivity index (χ3n) is 1.54. The number of nitrogens with two attached hydrogens (primary N) is 1. The summed E-state index contributed by atoms with van der Waals surface area (Å²) in [5.41, 5.74) is 4.87. The summed E-state index contributed by atoms with van der Waals surface area (Å²) < 4.78 is 35.3. The highest BCUT2D eigenvalue weighted by atomic mass is 35.5. The minimum atomic E-state index is -4.21. The molecule has 0 rings (SSSR count). The molecule has 0 heterocycles. The first-order chi connectivity index (χ1) is 4.98. The van der Waals surface area contributed by atoms with E-state index in [1.807, 2.05) is 6.92 Å². The average Bonchev–Trinajstić information content (AvgIpc) is 1.86. The number of halogens is 4. The third kappa shape index (κ3) is 6.73. The molecule has 0 aliphatic carbocycles. The van der Waals surface area contributed by atoms with Gasteiger partial charge in [0, 0.05) is 0 Å². The number of alkyl halides is 3. The Morgan fingerprint density at radius 2 is 1.75 bits per heavy atom. The fraction of sp³-hybridized carbons (Fsp3) is 1.00. The second-order valence-electron chi connectivity index (χ2n) is 2.64. The van der Waals surface area contributed by atoms with Gasteiger partial charge in [0.05, 0.1) is 0 Å². The van der Waals surface area contributed by atoms with Crippen LogP contribution < -0.4 is 5.73 Å². The maximum Gasteiger partial charge on any atom is 0.403 e. The van der Waals surface area contributed by atoms with Crippen molar-refractivity contribution in [1.29, 1.82) is 0 Å². The molecule has 0 aromatic carbocycles. The summed E-state index contributed by atoms with van der Waals surface area (Å²) in [6.07, 6.45) is -1.85. The van der Waals surface area contributed by atoms with E-state index < -0.39 is 12.2 Å². The van der Waals surface area contributed by atoms with Crippen LogP contribution in [0, 0.1) is 0 Å². The minimum absolute atomic E-state index is 0. The van der Waals surface area contributed by atoms with Gasteiger partial charge >= 0.3 is 6.18 Å². The lowest BCUT2D eigenvalue weighted by atomic mass is 10.1. The number of unbranched alkanes of at least 4 members (excludes halogenated alkanes) is 2. The molecule has 0 unspecified atom stereocenters. The highest BCUT2D eigenvalue weighted by Gasteiger charge is 2.35. The van der Waals surface area contributed by atoms with E-state index in [2.05, 4.69) is 0 Å². The topological polar surface area (TPSA) is 26.0 Å². The Morgan fingerprint density at radius 1 is 1.25 bits per heavy atom. The molecule has 5 heteroatoms. The van der Waals surface area contributed by atoms with Gasteiger partial charge in [-0.25, -0.2) is 0 Å². The Labute approximate surface area is 76.9 Å². The molecule has 0 amide bonds. The monoisotopic (exact) mass is 205 g/mol. The molecule has 0 saturated carbocycles. The normalized spacial score (nSPS) is 13.8. The van der Waals surface area contributed by atoms with Crippen LogP contribution in [0.5, 0.6) is 0 Å². The van der Waals surface area contributed by atoms with Gasteiger partial charge in [0.1, 0.15) is 6.04 Å². The van der Waals surface area contributed by atoms with Gasteiger partial charge in [-0.1, -0.05) is 26.2 Å². The Balaban J connectivity index is 0. The summed E-state index contributed by atoms with van der Waals surface area (Å²) in [5.74, 6) is 0. The van der Waals surface area contributed by atoms with Crippen LogP contribution in [0.2, 0.25) is 0 Å². The molecule has 1 nitrogen and oxygen atoms in total. The lowest BCUT2D eigenvalue weighted by Crippen LogP contribution is -2.36. The maximum atomic E-state index is 11.8. The number of hydrogen-bond donors (Lipinski definition) is 1. The molecule has 0 bridgehead atoms. The lowest BCUT2D eigenvalue weighted by molar-refractivity contribution is -0.149. The summed E-state index contributed by atoms with van der Waals surface area (Å²) in [6.45, 7) is 1.94. The van der Waals surface area contributed by atoms with Crippen LogP contribution >= 0.6 is 12.4 Å². The number of rotatable bonds is 4. The smallest absolute Gasteiger partial charge is 0.320 e. The quantitative estimate of drug-likeness (QED) is 0.702. The van der Waals surface area contributed by atoms with Crippen LogP contribution in [0.1, 0.15) is 32.6 Å². The van der Waals surface area contributed by atoms with E-state index in [1.165, 1.54) is 0 Å². The highest BCUT2D eigenvalue weighted by molar-refractivity contribution is 5.85. The molecule has 0 aliphatic heterocycles. The zero-order chi connectivity index (χ0) is 8.91. The van der Waals surface area contributed by atoms with Crippen molar-refractivity contribution in [2.24, 2.45) is 5.73 Å². The molecule has 0 aromatic rings. The van der Waals surface area contributed by atoms with Gasteiger partial charge in [0.15, 0.2) is 0 Å². The van der Waals surface area contributed by atoms with Crippen LogP contribution in [-0.4, -0.2) is 12.2 Å². The van der Waals surface area contributed by atoms with Crippen molar-refractivity contribution in [3.05, 3.63) is 0 Å². The summed E-state index contributed by atoms with van der Waals surface area (Å²) in [4.78, 5) is 0. The van der Waals surface area contributed by atoms with Crippen LogP contribution in [0.4, 0.5) is 13.2 Å². The predicted octanol–water partition coefficient (Wildman–Crippen LogP) is 2.88. The van der Waals surface area contributed by atoms with Crippen LogP contribution in [-0.2, 0) is 0 Å². The third-order valence-corrected chi connectivity index (χ3v) is 1.54. The minimum Gasteiger partial charge on any atom is -0.320 e. The van der Waals surface area contributed by atoms with Gasteiger partial charge in [0.25, 0.3) is 0 Å². The van der Waals surface area contributed by atoms with Gasteiger partial charge < -0.3 is 5.73 Å². The second-order valence-corrected chi connectivity index (χ2v) is 2.64. The summed E-state index contributed by atoms with van der Waals surface area (Å²) in [6, 6.07) is -1.63. The van der Waals surface area contributed by atoms with E-state index in [0.717, 1.165) is 12.8 Å². The molecule has 1 atom stereocenters. The SMILES string of the molecule is CCCCC[C@H](N)C(F)(F)F.Cl. The van der Waals surface area contributed by atoms with E-state index in [4.69, 9.17) is 5.73 Å². The molecule has 0 radical (unpaired) electrons. The van der Waals surface area contributed by atoms with Crippen LogP contribution in [0.15, 0.2) is 0 Å². The summed E-state index contributed by atoms with van der Waals surface area (Å²) in [7, 11) is 0. The first kappa shape index (κ1) is 14.6. The average molecular weight is 206 g/mol. The van der Waals surface area contributed by atoms with E-state index in [1.54, 1.807) is 0 Å². The Bertz CT molecular complexity index is 105. The van der Waals surface area contributed by atoms with Crippen molar-refractivity contribution in [1.82, 2.24) is 0 Å². The Kier molecular flexibility index (Phi) is 7.94. The van der Waals surface area contributed by atoms with Crippen molar-refractivity contribution in [2.75, 3.05) is 0 Å². The standard InChI is InChI=1S/C7H14F3N.ClH/c1-2-3-4-5-6(11)7(8,9)10;/h6H,2-5,11H2,1H3;1H/t6-;/m0./s1. The second kappa shape index (κ2) is 6.54. The van der Waals surface area contributed by atoms with Gasteiger partial charge in [-0.05, 0) is 6.42 Å². The van der Waals surface area contributed by atoms with E-state index in [-0.39, 0.29) is 18.8 Å². The van der Waals surface area contributed by atoms with Crippen molar-refractivity contribution in [3.63, 3.8) is 0 Å². The largest absolute Gasteiger partial charge is 0.403 e. The fourth-order valence-corrected chi connectivity index (χ4v) is 0.778.